The number of pyridine rings is 1. The molecule has 3 rings (SSSR count). The lowest BCUT2D eigenvalue weighted by atomic mass is 10.2. The van der Waals surface area contributed by atoms with Gasteiger partial charge < -0.3 is 19.9 Å². The molecule has 0 spiro atoms. The second-order valence-corrected chi connectivity index (χ2v) is 10.5. The van der Waals surface area contributed by atoms with E-state index in [1.54, 1.807) is 24.3 Å². The average molecular weight is 479 g/mol. The number of alkyl halides is 3. The molecule has 0 unspecified atom stereocenters. The molecule has 0 atom stereocenters. The fourth-order valence-electron chi connectivity index (χ4n) is 2.98. The summed E-state index contributed by atoms with van der Waals surface area (Å²) in [6.45, 7) is 3.01. The fourth-order valence-corrected chi connectivity index (χ4v) is 4.14. The van der Waals surface area contributed by atoms with E-state index >= 15 is 0 Å². The largest absolute Gasteiger partial charge is 0.465 e. The maximum absolute atomic E-state index is 13.6. The van der Waals surface area contributed by atoms with E-state index in [4.69, 9.17) is 4.74 Å². The molecule has 2 aromatic heterocycles. The van der Waals surface area contributed by atoms with Crippen molar-refractivity contribution in [3.63, 3.8) is 0 Å². The number of nitrogens with one attached hydrogen (secondary N) is 2. The summed E-state index contributed by atoms with van der Waals surface area (Å²) in [7, 11) is -1.56. The molecule has 0 amide bonds. The number of hydrogen-bond acceptors (Lipinski definition) is 8. The van der Waals surface area contributed by atoms with E-state index in [1.165, 1.54) is 38.8 Å². The minimum absolute atomic E-state index is 0.0359. The standard InChI is InChI=1S/C21H21F3N5O3P/c1-32-19(30)13-7-6-10-25-16(13)12-27-20-26-11-14(21(22,23)24)18(29-20)28-15-8-4-5-9-17(15)33(2,3)31/h4-11H,12H2,1-3H3,(H2,26,27,28,29). The van der Waals surface area contributed by atoms with Gasteiger partial charge in [-0.1, -0.05) is 12.1 Å². The summed E-state index contributed by atoms with van der Waals surface area (Å²) in [6.07, 6.45) is -2.61. The molecule has 33 heavy (non-hydrogen) atoms. The van der Waals surface area contributed by atoms with Crippen LogP contribution in [-0.4, -0.2) is 41.4 Å². The van der Waals surface area contributed by atoms with E-state index in [1.807, 2.05) is 0 Å². The Labute approximate surface area is 188 Å². The molecule has 2 heterocycles. The molecule has 0 fully saturated rings. The smallest absolute Gasteiger partial charge is 0.421 e. The van der Waals surface area contributed by atoms with Gasteiger partial charge in [-0.2, -0.15) is 18.2 Å². The molecule has 174 valence electrons. The molecule has 0 bridgehead atoms. The zero-order valence-corrected chi connectivity index (χ0v) is 18.9. The Bertz CT molecular complexity index is 1210. The zero-order valence-electron chi connectivity index (χ0n) is 18.0. The van der Waals surface area contributed by atoms with E-state index < -0.39 is 30.7 Å². The first-order valence-corrected chi connectivity index (χ1v) is 12.2. The van der Waals surface area contributed by atoms with Crippen LogP contribution in [0.5, 0.6) is 0 Å². The van der Waals surface area contributed by atoms with E-state index in [-0.39, 0.29) is 23.7 Å². The van der Waals surface area contributed by atoms with Crippen LogP contribution >= 0.6 is 7.14 Å². The van der Waals surface area contributed by atoms with Crippen LogP contribution in [0.3, 0.4) is 0 Å². The van der Waals surface area contributed by atoms with Crippen LogP contribution in [0, 0.1) is 0 Å². The Morgan fingerprint density at radius 3 is 2.52 bits per heavy atom. The second-order valence-electron chi connectivity index (χ2n) is 7.29. The highest BCUT2D eigenvalue weighted by atomic mass is 31.2. The van der Waals surface area contributed by atoms with Gasteiger partial charge in [-0.25, -0.2) is 9.78 Å². The number of aromatic nitrogens is 3. The number of rotatable bonds is 7. The highest BCUT2D eigenvalue weighted by Crippen LogP contribution is 2.40. The number of carbonyl (C=O) groups excluding carboxylic acids is 1. The maximum Gasteiger partial charge on any atom is 0.421 e. The number of anilines is 3. The van der Waals surface area contributed by atoms with Gasteiger partial charge in [0.15, 0.2) is 0 Å². The van der Waals surface area contributed by atoms with Crippen LogP contribution in [0.1, 0.15) is 21.6 Å². The molecule has 1 aromatic carbocycles. The van der Waals surface area contributed by atoms with Gasteiger partial charge in [-0.15, -0.1) is 0 Å². The van der Waals surface area contributed by atoms with Crippen molar-refractivity contribution in [2.24, 2.45) is 0 Å². The normalized spacial score (nSPS) is 11.7. The van der Waals surface area contributed by atoms with Crippen molar-refractivity contribution in [2.75, 3.05) is 31.1 Å². The summed E-state index contributed by atoms with van der Waals surface area (Å²) >= 11 is 0. The number of benzene rings is 1. The van der Waals surface area contributed by atoms with Crippen LogP contribution in [0.25, 0.3) is 0 Å². The van der Waals surface area contributed by atoms with E-state index in [0.717, 1.165) is 0 Å². The molecule has 0 saturated carbocycles. The number of nitrogens with zero attached hydrogens (tertiary/aromatic N) is 3. The first kappa shape index (κ1) is 24.2. The van der Waals surface area contributed by atoms with Crippen LogP contribution < -0.4 is 15.9 Å². The number of carbonyl (C=O) groups is 1. The predicted molar refractivity (Wildman–Crippen MR) is 119 cm³/mol. The lowest BCUT2D eigenvalue weighted by Gasteiger charge is -2.18. The first-order valence-electron chi connectivity index (χ1n) is 9.62. The third-order valence-corrected chi connectivity index (χ3v) is 6.09. The van der Waals surface area contributed by atoms with Crippen LogP contribution in [0.2, 0.25) is 0 Å². The Hall–Kier alpha value is -3.46. The Balaban J connectivity index is 1.95. The SMILES string of the molecule is COC(=O)c1cccnc1CNc1ncc(C(F)(F)F)c(Nc2ccccc2P(C)(C)=O)n1. The van der Waals surface area contributed by atoms with Crippen LogP contribution in [0.4, 0.5) is 30.6 Å². The summed E-state index contributed by atoms with van der Waals surface area (Å²) in [4.78, 5) is 23.7. The maximum atomic E-state index is 13.6. The minimum atomic E-state index is -4.73. The second kappa shape index (κ2) is 9.58. The minimum Gasteiger partial charge on any atom is -0.465 e. The van der Waals surface area contributed by atoms with Gasteiger partial charge >= 0.3 is 12.1 Å². The molecular formula is C21H21F3N5O3P. The van der Waals surface area contributed by atoms with Gasteiger partial charge in [0.05, 0.1) is 30.6 Å². The van der Waals surface area contributed by atoms with Gasteiger partial charge in [0, 0.05) is 17.7 Å². The Kier molecular flexibility index (Phi) is 7.02. The lowest BCUT2D eigenvalue weighted by Crippen LogP contribution is -2.17. The number of hydrogen-bond donors (Lipinski definition) is 2. The topological polar surface area (TPSA) is 106 Å². The molecule has 3 aromatic rings. The van der Waals surface area contributed by atoms with Gasteiger partial charge in [0.2, 0.25) is 5.95 Å². The molecule has 2 N–H and O–H groups in total. The highest BCUT2D eigenvalue weighted by Gasteiger charge is 2.35. The van der Waals surface area contributed by atoms with Crippen molar-refractivity contribution < 1.29 is 27.3 Å². The summed E-state index contributed by atoms with van der Waals surface area (Å²) < 4.78 is 58.1. The van der Waals surface area contributed by atoms with Crippen molar-refractivity contribution in [3.8, 4) is 0 Å². The third-order valence-electron chi connectivity index (χ3n) is 4.54. The Morgan fingerprint density at radius 1 is 1.12 bits per heavy atom. The summed E-state index contributed by atoms with van der Waals surface area (Å²) in [5, 5.41) is 5.83. The van der Waals surface area contributed by atoms with E-state index in [2.05, 4.69) is 25.6 Å². The van der Waals surface area contributed by atoms with Crippen molar-refractivity contribution in [1.29, 1.82) is 0 Å². The summed E-state index contributed by atoms with van der Waals surface area (Å²) in [6, 6.07) is 9.46. The molecule has 12 heteroatoms. The quantitative estimate of drug-likeness (QED) is 0.382. The molecule has 0 aliphatic rings. The molecule has 8 nitrogen and oxygen atoms in total. The lowest BCUT2D eigenvalue weighted by molar-refractivity contribution is -0.137. The average Bonchev–Trinajstić information content (AvgIpc) is 2.76. The summed E-state index contributed by atoms with van der Waals surface area (Å²) in [5.41, 5.74) is -0.324. The van der Waals surface area contributed by atoms with E-state index in [0.29, 0.717) is 17.2 Å². The number of esters is 1. The van der Waals surface area contributed by atoms with Gasteiger partial charge in [-0.3, -0.25) is 4.98 Å². The summed E-state index contributed by atoms with van der Waals surface area (Å²) in [5.74, 6) is -1.23. The van der Waals surface area contributed by atoms with Crippen molar-refractivity contribution >= 4 is 35.9 Å². The molecular weight excluding hydrogens is 458 g/mol. The van der Waals surface area contributed by atoms with E-state index in [9.17, 15) is 22.5 Å². The molecule has 0 aliphatic carbocycles. The fraction of sp³-hybridized carbons (Fsp3) is 0.238. The molecule has 0 radical (unpaired) electrons. The number of halogens is 3. The predicted octanol–water partition coefficient (Wildman–Crippen LogP) is 4.28. The number of methoxy groups -OCH3 is 1. The van der Waals surface area contributed by atoms with Gasteiger partial charge in [0.1, 0.15) is 18.5 Å². The monoisotopic (exact) mass is 479 g/mol. The number of para-hydroxylation sites is 1. The third kappa shape index (κ3) is 5.87. The van der Waals surface area contributed by atoms with Crippen LogP contribution in [-0.2, 0) is 22.0 Å². The van der Waals surface area contributed by atoms with Gasteiger partial charge in [-0.05, 0) is 37.6 Å². The van der Waals surface area contributed by atoms with Crippen molar-refractivity contribution in [3.05, 3.63) is 65.6 Å². The zero-order chi connectivity index (χ0) is 24.2. The first-order chi connectivity index (χ1) is 15.5. The van der Waals surface area contributed by atoms with Crippen molar-refractivity contribution in [2.45, 2.75) is 12.7 Å². The van der Waals surface area contributed by atoms with Crippen molar-refractivity contribution in [1.82, 2.24) is 15.0 Å². The van der Waals surface area contributed by atoms with Gasteiger partial charge in [0.25, 0.3) is 0 Å². The number of ether oxygens (including phenoxy) is 1. The van der Waals surface area contributed by atoms with Crippen LogP contribution in [0.15, 0.2) is 48.8 Å². The Morgan fingerprint density at radius 2 is 1.85 bits per heavy atom. The molecule has 0 aliphatic heterocycles. The highest BCUT2D eigenvalue weighted by molar-refractivity contribution is 7.70. The molecule has 0 saturated heterocycles.